The lowest BCUT2D eigenvalue weighted by Crippen LogP contribution is -2.31. The van der Waals surface area contributed by atoms with Crippen molar-refractivity contribution in [1.82, 2.24) is 9.80 Å². The van der Waals surface area contributed by atoms with Crippen molar-refractivity contribution in [1.29, 1.82) is 0 Å². The van der Waals surface area contributed by atoms with Gasteiger partial charge in [0.25, 0.3) is 21.8 Å². The second-order valence-electron chi connectivity index (χ2n) is 10.8. The van der Waals surface area contributed by atoms with Gasteiger partial charge in [-0.3, -0.25) is 14.3 Å². The largest absolute Gasteiger partial charge is 0.495 e. The van der Waals surface area contributed by atoms with Crippen LogP contribution < -0.4 is 14.2 Å². The molecule has 1 N–H and O–H groups in total. The standard InChI is InChI=1S/C34H35N3O6S2/c1-36(2)33(38)25-10-7-9-23(19-25)24-15-16-30(42-3)32(20-24)45(40,41)35-26-11-8-12-27(21-26)43-28-17-18-37(22-28)34(39)29-13-5-6-14-31(29)44-4/h5-16,19-21,28,35H,17-18,22H2,1-4H3/t28-/m0/s1. The molecule has 1 atom stereocenters. The molecule has 0 saturated carbocycles. The molecule has 9 nitrogen and oxygen atoms in total. The molecule has 0 bridgehead atoms. The Bertz CT molecular complexity index is 1830. The van der Waals surface area contributed by atoms with Gasteiger partial charge in [0.15, 0.2) is 0 Å². The molecule has 234 valence electrons. The van der Waals surface area contributed by atoms with Gasteiger partial charge < -0.3 is 19.3 Å². The van der Waals surface area contributed by atoms with E-state index in [-0.39, 0.29) is 28.6 Å². The lowest BCUT2D eigenvalue weighted by molar-refractivity contribution is 0.0768. The van der Waals surface area contributed by atoms with Crippen LogP contribution in [-0.4, -0.2) is 76.7 Å². The summed E-state index contributed by atoms with van der Waals surface area (Å²) >= 11 is 1.54. The topological polar surface area (TPSA) is 105 Å². The van der Waals surface area contributed by atoms with E-state index in [0.29, 0.717) is 53.2 Å². The van der Waals surface area contributed by atoms with Crippen LogP contribution in [0.3, 0.4) is 0 Å². The molecule has 4 aromatic rings. The number of rotatable bonds is 10. The molecule has 0 spiro atoms. The van der Waals surface area contributed by atoms with Crippen molar-refractivity contribution in [2.75, 3.05) is 45.3 Å². The average Bonchev–Trinajstić information content (AvgIpc) is 3.52. The summed E-state index contributed by atoms with van der Waals surface area (Å²) in [6.07, 6.45) is 2.38. The molecule has 11 heteroatoms. The SMILES string of the molecule is COc1ccc(-c2cccc(C(=O)N(C)C)c2)cc1S(=O)(=O)Nc1cccc(O[C@H]2CCN(C(=O)c3ccccc3SC)C2)c1. The molecular formula is C34H35N3O6S2. The first-order chi connectivity index (χ1) is 21.6. The Balaban J connectivity index is 1.31. The van der Waals surface area contributed by atoms with Gasteiger partial charge >= 0.3 is 0 Å². The third-order valence-electron chi connectivity index (χ3n) is 7.46. The Morgan fingerprint density at radius 2 is 1.69 bits per heavy atom. The molecule has 0 aromatic heterocycles. The lowest BCUT2D eigenvalue weighted by Gasteiger charge is -2.19. The van der Waals surface area contributed by atoms with Crippen LogP contribution in [-0.2, 0) is 10.0 Å². The Kier molecular flexibility index (Phi) is 9.69. The van der Waals surface area contributed by atoms with Gasteiger partial charge in [-0.25, -0.2) is 8.42 Å². The van der Waals surface area contributed by atoms with E-state index in [2.05, 4.69) is 4.72 Å². The van der Waals surface area contributed by atoms with E-state index in [1.54, 1.807) is 73.6 Å². The first kappa shape index (κ1) is 31.9. The maximum Gasteiger partial charge on any atom is 0.265 e. The molecule has 1 heterocycles. The number of benzene rings is 4. The van der Waals surface area contributed by atoms with Crippen LogP contribution in [0.15, 0.2) is 101 Å². The lowest BCUT2D eigenvalue weighted by atomic mass is 10.0. The molecule has 4 aromatic carbocycles. The van der Waals surface area contributed by atoms with Gasteiger partial charge in [0.05, 0.1) is 24.9 Å². The number of ether oxygens (including phenoxy) is 2. The first-order valence-electron chi connectivity index (χ1n) is 14.3. The van der Waals surface area contributed by atoms with Crippen molar-refractivity contribution in [2.45, 2.75) is 22.3 Å². The summed E-state index contributed by atoms with van der Waals surface area (Å²) in [6.45, 7) is 1.00. The van der Waals surface area contributed by atoms with Crippen LogP contribution >= 0.6 is 11.8 Å². The van der Waals surface area contributed by atoms with E-state index >= 15 is 0 Å². The number of carbonyl (C=O) groups is 2. The Labute approximate surface area is 268 Å². The first-order valence-corrected chi connectivity index (χ1v) is 17.0. The van der Waals surface area contributed by atoms with E-state index in [1.807, 2.05) is 36.6 Å². The summed E-state index contributed by atoms with van der Waals surface area (Å²) in [5.74, 6) is 0.486. The smallest absolute Gasteiger partial charge is 0.265 e. The Hall–Kier alpha value is -4.48. The number of anilines is 1. The van der Waals surface area contributed by atoms with E-state index in [9.17, 15) is 18.0 Å². The zero-order valence-electron chi connectivity index (χ0n) is 25.5. The fourth-order valence-corrected chi connectivity index (χ4v) is 7.03. The molecular weight excluding hydrogens is 611 g/mol. The fourth-order valence-electron chi connectivity index (χ4n) is 5.19. The molecule has 0 radical (unpaired) electrons. The normalized spacial score (nSPS) is 14.6. The number of carbonyl (C=O) groups excluding carboxylic acids is 2. The highest BCUT2D eigenvalue weighted by molar-refractivity contribution is 7.98. The third-order valence-corrected chi connectivity index (χ3v) is 9.66. The molecule has 45 heavy (non-hydrogen) atoms. The highest BCUT2D eigenvalue weighted by Gasteiger charge is 2.29. The van der Waals surface area contributed by atoms with Crippen molar-refractivity contribution < 1.29 is 27.5 Å². The molecule has 1 aliphatic heterocycles. The maximum absolute atomic E-state index is 13.7. The Morgan fingerprint density at radius 1 is 0.933 bits per heavy atom. The van der Waals surface area contributed by atoms with E-state index in [4.69, 9.17) is 9.47 Å². The minimum atomic E-state index is -4.09. The van der Waals surface area contributed by atoms with Crippen molar-refractivity contribution in [3.05, 3.63) is 102 Å². The number of amides is 2. The van der Waals surface area contributed by atoms with Crippen LogP contribution in [0.25, 0.3) is 11.1 Å². The molecule has 5 rings (SSSR count). The second kappa shape index (κ2) is 13.7. The maximum atomic E-state index is 13.7. The number of likely N-dealkylation sites (tertiary alicyclic amines) is 1. The van der Waals surface area contributed by atoms with E-state index in [0.717, 1.165) is 4.90 Å². The molecule has 1 fully saturated rings. The average molecular weight is 646 g/mol. The van der Waals surface area contributed by atoms with Crippen molar-refractivity contribution >= 4 is 39.3 Å². The fraction of sp³-hybridized carbons (Fsp3) is 0.235. The zero-order valence-corrected chi connectivity index (χ0v) is 27.2. The van der Waals surface area contributed by atoms with E-state index in [1.165, 1.54) is 29.8 Å². The number of hydrogen-bond donors (Lipinski definition) is 1. The zero-order chi connectivity index (χ0) is 32.1. The van der Waals surface area contributed by atoms with Gasteiger partial charge in [-0.1, -0.05) is 36.4 Å². The number of sulfonamides is 1. The highest BCUT2D eigenvalue weighted by Crippen LogP contribution is 2.33. The minimum absolute atomic E-state index is 0.0280. The van der Waals surface area contributed by atoms with Crippen LogP contribution in [0, 0.1) is 0 Å². The summed E-state index contributed by atoms with van der Waals surface area (Å²) in [7, 11) is 0.674. The Morgan fingerprint density at radius 3 is 2.44 bits per heavy atom. The molecule has 2 amide bonds. The van der Waals surface area contributed by atoms with Gasteiger partial charge in [-0.2, -0.15) is 0 Å². The van der Waals surface area contributed by atoms with E-state index < -0.39 is 10.0 Å². The van der Waals surface area contributed by atoms with Crippen LogP contribution in [0.4, 0.5) is 5.69 Å². The highest BCUT2D eigenvalue weighted by atomic mass is 32.2. The number of thioether (sulfide) groups is 1. The summed E-state index contributed by atoms with van der Waals surface area (Å²) in [4.78, 5) is 29.8. The van der Waals surface area contributed by atoms with Gasteiger partial charge in [0.2, 0.25) is 0 Å². The quantitative estimate of drug-likeness (QED) is 0.215. The predicted molar refractivity (Wildman–Crippen MR) is 177 cm³/mol. The summed E-state index contributed by atoms with van der Waals surface area (Å²) in [5.41, 5.74) is 2.79. The molecule has 0 unspecified atom stereocenters. The van der Waals surface area contributed by atoms with Gasteiger partial charge in [-0.15, -0.1) is 11.8 Å². The predicted octanol–water partition coefficient (Wildman–Crippen LogP) is 5.88. The van der Waals surface area contributed by atoms with Gasteiger partial charge in [-0.05, 0) is 65.9 Å². The van der Waals surface area contributed by atoms with Crippen LogP contribution in [0.1, 0.15) is 27.1 Å². The number of methoxy groups -OCH3 is 1. The second-order valence-corrected chi connectivity index (χ2v) is 13.3. The van der Waals surface area contributed by atoms with Crippen molar-refractivity contribution in [3.8, 4) is 22.6 Å². The molecule has 1 saturated heterocycles. The third kappa shape index (κ3) is 7.26. The van der Waals surface area contributed by atoms with Crippen LogP contribution in [0.2, 0.25) is 0 Å². The summed E-state index contributed by atoms with van der Waals surface area (Å²) in [6, 6.07) is 26.2. The number of nitrogens with zero attached hydrogens (tertiary/aromatic N) is 2. The monoisotopic (exact) mass is 645 g/mol. The minimum Gasteiger partial charge on any atom is -0.495 e. The molecule has 0 aliphatic carbocycles. The number of hydrogen-bond acceptors (Lipinski definition) is 7. The molecule has 1 aliphatic rings. The van der Waals surface area contributed by atoms with Crippen molar-refractivity contribution in [2.24, 2.45) is 0 Å². The van der Waals surface area contributed by atoms with Gasteiger partial charge in [0, 0.05) is 43.6 Å². The van der Waals surface area contributed by atoms with Crippen LogP contribution in [0.5, 0.6) is 11.5 Å². The van der Waals surface area contributed by atoms with Crippen molar-refractivity contribution in [3.63, 3.8) is 0 Å². The number of nitrogens with one attached hydrogen (secondary N) is 1. The summed E-state index contributed by atoms with van der Waals surface area (Å²) < 4.78 is 41.5. The van der Waals surface area contributed by atoms with Gasteiger partial charge in [0.1, 0.15) is 22.5 Å². The summed E-state index contributed by atoms with van der Waals surface area (Å²) in [5, 5.41) is 0.